The molecule has 0 N–H and O–H groups in total. The highest BCUT2D eigenvalue weighted by Crippen LogP contribution is 2.29. The Labute approximate surface area is 154 Å². The molecule has 0 aliphatic carbocycles. The highest BCUT2D eigenvalue weighted by atomic mass is 19.4. The lowest BCUT2D eigenvalue weighted by Gasteiger charge is -2.27. The Bertz CT molecular complexity index is 803. The van der Waals surface area contributed by atoms with Gasteiger partial charge in [-0.25, -0.2) is 9.86 Å². The Balaban J connectivity index is 2.18. The number of nitrogens with zero attached hydrogens (tertiary/aromatic N) is 4. The molecule has 1 aromatic carbocycles. The number of amides is 2. The van der Waals surface area contributed by atoms with Gasteiger partial charge in [0, 0.05) is 19.2 Å². The SMILES string of the molecule is CON(C)C(=O)N(Cc1ccc(-c2noc(C(F)(F)F)n2)cc1)CC(F)(F)F. The lowest BCUT2D eigenvalue weighted by molar-refractivity contribution is -0.159. The third-order valence-corrected chi connectivity index (χ3v) is 3.44. The summed E-state index contributed by atoms with van der Waals surface area (Å²) in [6, 6.07) is 4.26. The van der Waals surface area contributed by atoms with Crippen LogP contribution in [0.25, 0.3) is 11.4 Å². The van der Waals surface area contributed by atoms with Crippen LogP contribution in [-0.2, 0) is 17.6 Å². The van der Waals surface area contributed by atoms with Gasteiger partial charge in [-0.2, -0.15) is 31.3 Å². The van der Waals surface area contributed by atoms with Crippen LogP contribution in [0.4, 0.5) is 31.1 Å². The van der Waals surface area contributed by atoms with Gasteiger partial charge in [0.1, 0.15) is 6.54 Å². The summed E-state index contributed by atoms with van der Waals surface area (Å²) >= 11 is 0. The van der Waals surface area contributed by atoms with Crippen molar-refractivity contribution in [2.24, 2.45) is 0 Å². The molecule has 0 fully saturated rings. The van der Waals surface area contributed by atoms with Crippen LogP contribution in [0.5, 0.6) is 0 Å². The topological polar surface area (TPSA) is 71.7 Å². The Morgan fingerprint density at radius 3 is 2.21 bits per heavy atom. The van der Waals surface area contributed by atoms with Crippen molar-refractivity contribution in [3.05, 3.63) is 35.7 Å². The first kappa shape index (κ1) is 21.5. The quantitative estimate of drug-likeness (QED) is 0.553. The number of urea groups is 1. The molecule has 0 saturated heterocycles. The van der Waals surface area contributed by atoms with E-state index in [0.29, 0.717) is 15.5 Å². The van der Waals surface area contributed by atoms with Crippen molar-refractivity contribution in [1.82, 2.24) is 20.1 Å². The Morgan fingerprint density at radius 2 is 1.75 bits per heavy atom. The average molecular weight is 412 g/mol. The van der Waals surface area contributed by atoms with Crippen LogP contribution in [0.3, 0.4) is 0 Å². The molecular weight excluding hydrogens is 398 g/mol. The van der Waals surface area contributed by atoms with Crippen LogP contribution in [0.1, 0.15) is 11.5 Å². The number of hydroxylamine groups is 2. The summed E-state index contributed by atoms with van der Waals surface area (Å²) in [5, 5.41) is 3.85. The van der Waals surface area contributed by atoms with Gasteiger partial charge in [0.2, 0.25) is 5.82 Å². The number of alkyl halides is 6. The van der Waals surface area contributed by atoms with Crippen molar-refractivity contribution >= 4 is 6.03 Å². The lowest BCUT2D eigenvalue weighted by atomic mass is 10.1. The largest absolute Gasteiger partial charge is 0.471 e. The van der Waals surface area contributed by atoms with Crippen molar-refractivity contribution in [2.75, 3.05) is 20.7 Å². The van der Waals surface area contributed by atoms with E-state index < -0.39 is 37.4 Å². The molecule has 0 unspecified atom stereocenters. The van der Waals surface area contributed by atoms with Gasteiger partial charge in [-0.3, -0.25) is 4.84 Å². The first-order chi connectivity index (χ1) is 12.9. The minimum absolute atomic E-state index is 0.158. The Morgan fingerprint density at radius 1 is 1.14 bits per heavy atom. The molecule has 0 spiro atoms. The normalized spacial score (nSPS) is 12.1. The maximum Gasteiger partial charge on any atom is 0.471 e. The van der Waals surface area contributed by atoms with E-state index in [4.69, 9.17) is 0 Å². The van der Waals surface area contributed by atoms with Crippen LogP contribution in [0.15, 0.2) is 28.8 Å². The van der Waals surface area contributed by atoms with Crippen LogP contribution < -0.4 is 0 Å². The lowest BCUT2D eigenvalue weighted by Crippen LogP contribution is -2.44. The molecule has 1 aromatic heterocycles. The summed E-state index contributed by atoms with van der Waals surface area (Å²) in [4.78, 5) is 20.4. The van der Waals surface area contributed by atoms with E-state index in [1.165, 1.54) is 24.3 Å². The first-order valence-corrected chi connectivity index (χ1v) is 7.54. The van der Waals surface area contributed by atoms with Gasteiger partial charge >= 0.3 is 24.3 Å². The second-order valence-corrected chi connectivity index (χ2v) is 5.55. The fourth-order valence-corrected chi connectivity index (χ4v) is 2.12. The summed E-state index contributed by atoms with van der Waals surface area (Å²) < 4.78 is 79.8. The van der Waals surface area contributed by atoms with Crippen molar-refractivity contribution < 1.29 is 40.5 Å². The molecule has 2 aromatic rings. The summed E-state index contributed by atoms with van der Waals surface area (Å²) in [6.07, 6.45) is -9.43. The number of halogens is 6. The molecule has 0 aliphatic heterocycles. The standard InChI is InChI=1S/C15H14F6N4O3/c1-24(27-2)13(26)25(8-14(16,17)18)7-9-3-5-10(6-4-9)11-22-12(28-23-11)15(19,20)21/h3-6H,7-8H2,1-2H3. The molecule has 0 aliphatic rings. The van der Waals surface area contributed by atoms with Crippen LogP contribution in [-0.4, -0.2) is 53.0 Å². The second-order valence-electron chi connectivity index (χ2n) is 5.55. The smallest absolute Gasteiger partial charge is 0.329 e. The zero-order valence-electron chi connectivity index (χ0n) is 14.5. The first-order valence-electron chi connectivity index (χ1n) is 7.54. The molecule has 13 heteroatoms. The van der Waals surface area contributed by atoms with Crippen LogP contribution in [0.2, 0.25) is 0 Å². The molecule has 154 valence electrons. The maximum absolute atomic E-state index is 12.7. The third-order valence-electron chi connectivity index (χ3n) is 3.44. The summed E-state index contributed by atoms with van der Waals surface area (Å²) in [5.41, 5.74) is 0.455. The van der Waals surface area contributed by atoms with Gasteiger partial charge in [0.05, 0.1) is 7.11 Å². The van der Waals surface area contributed by atoms with E-state index in [9.17, 15) is 31.1 Å². The van der Waals surface area contributed by atoms with E-state index in [2.05, 4.69) is 19.5 Å². The van der Waals surface area contributed by atoms with Crippen molar-refractivity contribution in [3.63, 3.8) is 0 Å². The number of rotatable bonds is 5. The average Bonchev–Trinajstić information content (AvgIpc) is 3.10. The van der Waals surface area contributed by atoms with Gasteiger partial charge in [-0.1, -0.05) is 29.4 Å². The highest BCUT2D eigenvalue weighted by molar-refractivity contribution is 5.73. The number of carbonyl (C=O) groups excluding carboxylic acids is 1. The summed E-state index contributed by atoms with van der Waals surface area (Å²) in [6.45, 7) is -1.92. The number of aromatic nitrogens is 2. The van der Waals surface area contributed by atoms with E-state index in [1.54, 1.807) is 0 Å². The third kappa shape index (κ3) is 5.58. The van der Waals surface area contributed by atoms with Crippen molar-refractivity contribution in [1.29, 1.82) is 0 Å². The molecule has 0 atom stereocenters. The minimum Gasteiger partial charge on any atom is -0.329 e. The molecule has 7 nitrogen and oxygen atoms in total. The fourth-order valence-electron chi connectivity index (χ4n) is 2.12. The molecule has 0 saturated carbocycles. The van der Waals surface area contributed by atoms with Gasteiger partial charge in [-0.05, 0) is 5.56 Å². The monoisotopic (exact) mass is 412 g/mol. The Kier molecular flexibility index (Phi) is 6.17. The number of hydrogen-bond acceptors (Lipinski definition) is 5. The Hall–Kier alpha value is -2.83. The zero-order valence-corrected chi connectivity index (χ0v) is 14.5. The molecule has 28 heavy (non-hydrogen) atoms. The zero-order chi connectivity index (χ0) is 21.1. The summed E-state index contributed by atoms with van der Waals surface area (Å²) in [5.74, 6) is -1.85. The number of benzene rings is 1. The fraction of sp³-hybridized carbons (Fsp3) is 0.400. The summed E-state index contributed by atoms with van der Waals surface area (Å²) in [7, 11) is 2.28. The molecule has 1 heterocycles. The number of hydrogen-bond donors (Lipinski definition) is 0. The predicted molar refractivity (Wildman–Crippen MR) is 81.4 cm³/mol. The second kappa shape index (κ2) is 8.04. The maximum atomic E-state index is 12.7. The predicted octanol–water partition coefficient (Wildman–Crippen LogP) is 3.73. The van der Waals surface area contributed by atoms with Crippen molar-refractivity contribution in [3.8, 4) is 11.4 Å². The van der Waals surface area contributed by atoms with E-state index >= 15 is 0 Å². The van der Waals surface area contributed by atoms with Crippen molar-refractivity contribution in [2.45, 2.75) is 18.9 Å². The van der Waals surface area contributed by atoms with E-state index in [1.807, 2.05) is 0 Å². The van der Waals surface area contributed by atoms with Crippen LogP contribution >= 0.6 is 0 Å². The van der Waals surface area contributed by atoms with E-state index in [-0.39, 0.29) is 11.4 Å². The molecule has 2 amide bonds. The molecule has 2 rings (SSSR count). The molecular formula is C15H14F6N4O3. The van der Waals surface area contributed by atoms with Gasteiger partial charge in [0.25, 0.3) is 0 Å². The van der Waals surface area contributed by atoms with E-state index in [0.717, 1.165) is 14.2 Å². The van der Waals surface area contributed by atoms with Gasteiger partial charge in [0.15, 0.2) is 0 Å². The van der Waals surface area contributed by atoms with Gasteiger partial charge in [-0.15, -0.1) is 0 Å². The molecule has 0 radical (unpaired) electrons. The highest BCUT2D eigenvalue weighted by Gasteiger charge is 2.38. The number of carbonyl (C=O) groups is 1. The minimum atomic E-state index is -4.79. The van der Waals surface area contributed by atoms with Gasteiger partial charge < -0.3 is 9.42 Å². The molecule has 0 bridgehead atoms. The van der Waals surface area contributed by atoms with Crippen LogP contribution in [0, 0.1) is 0 Å².